The van der Waals surface area contributed by atoms with E-state index >= 15 is 0 Å². The lowest BCUT2D eigenvalue weighted by atomic mass is 9.76. The molecule has 0 spiro atoms. The number of carboxylic acids is 1. The first kappa shape index (κ1) is 64.5. The lowest BCUT2D eigenvalue weighted by Gasteiger charge is -2.39. The Labute approximate surface area is 484 Å². The summed E-state index contributed by atoms with van der Waals surface area (Å²) < 4.78 is 25.6. The second-order valence-corrected chi connectivity index (χ2v) is 24.1. The molecule has 3 aromatic carbocycles. The SMILES string of the molecule is CCCCC[C@H](NC(=O)[C@H](Cc1cncn1C(c1ccccc1)(c1ccccc1)c1ccccc1)NC(=O)CNC(=O)[C@H](COP(O)(=S)OC[C@H]1OC(n2cc(C)c(=O)[nH]c2=O)C[C@@H]1N=[N+]=[N-])CC(=O)OC(C)(C)C)C(=O)C[C@@H](C)C(=O)O. The van der Waals surface area contributed by atoms with Crippen molar-refractivity contribution in [2.24, 2.45) is 17.0 Å². The highest BCUT2D eigenvalue weighted by molar-refractivity contribution is 8.07. The van der Waals surface area contributed by atoms with E-state index in [1.54, 1.807) is 33.3 Å². The largest absolute Gasteiger partial charge is 0.481 e. The van der Waals surface area contributed by atoms with E-state index in [9.17, 15) is 53.9 Å². The highest BCUT2D eigenvalue weighted by Crippen LogP contribution is 2.46. The van der Waals surface area contributed by atoms with Gasteiger partial charge in [-0.1, -0.05) is 129 Å². The van der Waals surface area contributed by atoms with Crippen molar-refractivity contribution in [2.75, 3.05) is 19.8 Å². The Morgan fingerprint density at radius 3 is 2.10 bits per heavy atom. The monoisotopic (exact) mass is 1180 g/mol. The zero-order valence-corrected chi connectivity index (χ0v) is 48.8. The highest BCUT2D eigenvalue weighted by Gasteiger charge is 2.42. The highest BCUT2D eigenvalue weighted by atomic mass is 32.5. The molecule has 24 nitrogen and oxygen atoms in total. The van der Waals surface area contributed by atoms with Crippen molar-refractivity contribution < 1.29 is 57.3 Å². The molecule has 1 saturated heterocycles. The normalized spacial score (nSPS) is 17.4. The molecule has 1 aliphatic heterocycles. The van der Waals surface area contributed by atoms with Gasteiger partial charge in [0.15, 0.2) is 5.78 Å². The van der Waals surface area contributed by atoms with Crippen molar-refractivity contribution in [3.8, 4) is 0 Å². The molecule has 0 saturated carbocycles. The summed E-state index contributed by atoms with van der Waals surface area (Å²) in [5.74, 6) is -7.64. The quantitative estimate of drug-likeness (QED) is 0.00581. The van der Waals surface area contributed by atoms with Gasteiger partial charge in [0, 0.05) is 47.8 Å². The average molecular weight is 1180 g/mol. The van der Waals surface area contributed by atoms with Gasteiger partial charge in [0.25, 0.3) is 5.56 Å². The van der Waals surface area contributed by atoms with Crippen LogP contribution in [0.25, 0.3) is 10.4 Å². The molecule has 0 aliphatic carbocycles. The molecule has 2 unspecified atom stereocenters. The van der Waals surface area contributed by atoms with E-state index in [2.05, 4.69) is 35.9 Å². The summed E-state index contributed by atoms with van der Waals surface area (Å²) in [5, 5.41) is 21.5. The molecule has 6 rings (SSSR count). The number of H-pyrrole nitrogens is 1. The maximum Gasteiger partial charge on any atom is 0.330 e. The number of hydrogen-bond donors (Lipinski definition) is 6. The topological polar surface area (TPSA) is 337 Å². The number of azide groups is 1. The number of nitrogens with zero attached hydrogens (tertiary/aromatic N) is 6. The zero-order chi connectivity index (χ0) is 60.5. The van der Waals surface area contributed by atoms with Gasteiger partial charge in [-0.2, -0.15) is 0 Å². The molecule has 8 atom stereocenters. The maximum absolute atomic E-state index is 14.8. The Kier molecular flexibility index (Phi) is 23.0. The number of ketones is 1. The third kappa shape index (κ3) is 17.7. The summed E-state index contributed by atoms with van der Waals surface area (Å²) in [5.41, 5.74) is 8.97. The molecule has 0 bridgehead atoms. The van der Waals surface area contributed by atoms with E-state index in [0.29, 0.717) is 18.5 Å². The molecular weight excluding hydrogens is 1110 g/mol. The number of aliphatic carboxylic acids is 1. The second kappa shape index (κ2) is 29.6. The predicted octanol–water partition coefficient (Wildman–Crippen LogP) is 6.03. The molecule has 1 fully saturated rings. The summed E-state index contributed by atoms with van der Waals surface area (Å²) >= 11 is 5.28. The number of imidazole rings is 1. The zero-order valence-electron chi connectivity index (χ0n) is 47.0. The minimum absolute atomic E-state index is 0.0227. The number of aryl methyl sites for hydroxylation is 1. The minimum atomic E-state index is -4.31. The molecule has 444 valence electrons. The van der Waals surface area contributed by atoms with Crippen molar-refractivity contribution in [3.63, 3.8) is 0 Å². The van der Waals surface area contributed by atoms with Gasteiger partial charge in [0.05, 0.1) is 62.5 Å². The van der Waals surface area contributed by atoms with Crippen molar-refractivity contribution >= 4 is 54.0 Å². The molecular formula is C57H71N10O14PS. The number of carbonyl (C=O) groups is 6. The number of hydrogen-bond acceptors (Lipinski definition) is 15. The van der Waals surface area contributed by atoms with Gasteiger partial charge in [-0.25, -0.2) is 9.78 Å². The lowest BCUT2D eigenvalue weighted by Crippen LogP contribution is -2.54. The molecule has 0 radical (unpaired) electrons. The summed E-state index contributed by atoms with van der Waals surface area (Å²) in [4.78, 5) is 128. The summed E-state index contributed by atoms with van der Waals surface area (Å²) in [6.45, 7) is 3.34. The average Bonchev–Trinajstić information content (AvgIpc) is 2.32. The number of rotatable bonds is 30. The van der Waals surface area contributed by atoms with E-state index in [4.69, 9.17) is 30.3 Å². The Morgan fingerprint density at radius 1 is 0.916 bits per heavy atom. The molecule has 6 N–H and O–H groups in total. The molecule has 3 amide bonds. The Balaban J connectivity index is 1.26. The van der Waals surface area contributed by atoms with Crippen molar-refractivity contribution in [2.45, 2.75) is 135 Å². The third-order valence-corrected chi connectivity index (χ3v) is 15.4. The maximum atomic E-state index is 14.8. The number of carboxylic acid groups (broad SMARTS) is 1. The van der Waals surface area contributed by atoms with Gasteiger partial charge in [-0.15, -0.1) is 0 Å². The van der Waals surface area contributed by atoms with Crippen LogP contribution in [0.15, 0.2) is 124 Å². The van der Waals surface area contributed by atoms with Crippen molar-refractivity contribution in [3.05, 3.63) is 169 Å². The number of Topliss-reactive ketones (excluding diaryl/α,β-unsaturated/α-hetero) is 1. The van der Waals surface area contributed by atoms with Gasteiger partial charge in [-0.05, 0) is 68.1 Å². The number of aromatic nitrogens is 4. The fourth-order valence-corrected chi connectivity index (χ4v) is 10.8. The van der Waals surface area contributed by atoms with E-state index in [-0.39, 0.29) is 31.2 Å². The van der Waals surface area contributed by atoms with Crippen LogP contribution in [0, 0.1) is 18.8 Å². The number of ether oxygens (including phenoxy) is 2. The predicted molar refractivity (Wildman–Crippen MR) is 308 cm³/mol. The number of benzene rings is 3. The first-order chi connectivity index (χ1) is 39.5. The fraction of sp³-hybridized carbons (Fsp3) is 0.456. The summed E-state index contributed by atoms with van der Waals surface area (Å²) in [7, 11) is 0. The third-order valence-electron chi connectivity index (χ3n) is 13.8. The van der Waals surface area contributed by atoms with Crippen molar-refractivity contribution in [1.82, 2.24) is 35.1 Å². The van der Waals surface area contributed by atoms with E-state index in [1.807, 2.05) is 102 Å². The summed E-state index contributed by atoms with van der Waals surface area (Å²) in [6.07, 6.45) is 3.38. The van der Waals surface area contributed by atoms with Crippen LogP contribution in [0.2, 0.25) is 0 Å². The molecule has 5 aromatic rings. The van der Waals surface area contributed by atoms with E-state index < -0.39 is 133 Å². The number of unbranched alkanes of at least 4 members (excludes halogenated alkanes) is 2. The Bertz CT molecular complexity index is 3180. The number of aromatic amines is 1. The smallest absolute Gasteiger partial charge is 0.330 e. The first-order valence-electron chi connectivity index (χ1n) is 27.1. The van der Waals surface area contributed by atoms with E-state index in [1.165, 1.54) is 20.0 Å². The van der Waals surface area contributed by atoms with Gasteiger partial charge in [0.2, 0.25) is 17.7 Å². The van der Waals surface area contributed by atoms with Crippen LogP contribution in [-0.4, -0.2) is 114 Å². The molecule has 3 heterocycles. The van der Waals surface area contributed by atoms with Crippen LogP contribution >= 0.6 is 6.72 Å². The van der Waals surface area contributed by atoms with Gasteiger partial charge in [-0.3, -0.25) is 43.1 Å². The van der Waals surface area contributed by atoms with Crippen LogP contribution in [0.4, 0.5) is 0 Å². The number of esters is 1. The number of carbonyl (C=O) groups excluding carboxylic acids is 5. The fourth-order valence-electron chi connectivity index (χ4n) is 9.65. The van der Waals surface area contributed by atoms with Gasteiger partial charge >= 0.3 is 24.3 Å². The second-order valence-electron chi connectivity index (χ2n) is 21.2. The Hall–Kier alpha value is -7.63. The van der Waals surface area contributed by atoms with Gasteiger partial charge in [0.1, 0.15) is 23.4 Å². The lowest BCUT2D eigenvalue weighted by molar-refractivity contribution is -0.157. The molecule has 83 heavy (non-hydrogen) atoms. The first-order valence-corrected chi connectivity index (χ1v) is 29.7. The minimum Gasteiger partial charge on any atom is -0.481 e. The van der Waals surface area contributed by atoms with Crippen molar-refractivity contribution in [1.29, 1.82) is 0 Å². The van der Waals surface area contributed by atoms with Crippen LogP contribution in [0.5, 0.6) is 0 Å². The van der Waals surface area contributed by atoms with E-state index in [0.717, 1.165) is 27.7 Å². The van der Waals surface area contributed by atoms with Crippen LogP contribution in [0.1, 0.15) is 114 Å². The van der Waals surface area contributed by atoms with Crippen LogP contribution < -0.4 is 27.2 Å². The number of nitrogens with one attached hydrogen (secondary N) is 4. The van der Waals surface area contributed by atoms with Crippen LogP contribution in [0.3, 0.4) is 0 Å². The Morgan fingerprint density at radius 2 is 1.53 bits per heavy atom. The molecule has 26 heteroatoms. The van der Waals surface area contributed by atoms with Gasteiger partial charge < -0.3 is 49.0 Å². The van der Waals surface area contributed by atoms with Crippen LogP contribution in [-0.2, 0) is 71.1 Å². The number of amides is 3. The molecule has 2 aromatic heterocycles. The summed E-state index contributed by atoms with van der Waals surface area (Å²) in [6, 6.07) is 25.5. The molecule has 1 aliphatic rings. The standard InChI is InChI=1S/C57H71N10O14PS/c1-7-8-12-25-43(46(68)26-36(2)54(74)75)62-53(73)45(28-42-30-59-35-67(42)57(39-19-13-9-14-20-39,40-21-15-10-16-22-40)41-23-17-11-18-24-41)61-48(69)31-60-52(72)38(27-50(70)81-56(4,5)6)33-78-82(77,83)79-34-47-44(64-65-58)29-49(80-47)66-32-37(3)51(71)63-55(66)76/h9-11,13-24,30,32,35-36,38,43-45,47,49H,7-8,12,25-29,31,33-34H2,1-6H3,(H,60,72)(H,61,69)(H,62,73)(H,74,75)(H,77,83)(H,63,71,76)/t36-,38+,43+,44+,45+,47-,49?,82?/m1/s1.